The van der Waals surface area contributed by atoms with E-state index in [9.17, 15) is 55.1 Å². The van der Waals surface area contributed by atoms with Gasteiger partial charge >= 0.3 is 24.5 Å². The van der Waals surface area contributed by atoms with Crippen molar-refractivity contribution in [2.45, 2.75) is 127 Å². The Labute approximate surface area is 467 Å². The predicted octanol–water partition coefficient (Wildman–Crippen LogP) is 9.02. The van der Waals surface area contributed by atoms with Gasteiger partial charge in [-0.1, -0.05) is 78.6 Å². The summed E-state index contributed by atoms with van der Waals surface area (Å²) in [5, 5.41) is 11.9. The molecule has 436 valence electrons. The van der Waals surface area contributed by atoms with Gasteiger partial charge in [0, 0.05) is 75.8 Å². The number of carbonyl (C=O) groups is 6. The van der Waals surface area contributed by atoms with Crippen LogP contribution in [0.3, 0.4) is 0 Å². The van der Waals surface area contributed by atoms with Gasteiger partial charge in [-0.3, -0.25) is 19.2 Å². The zero-order chi connectivity index (χ0) is 59.4. The van der Waals surface area contributed by atoms with Crippen LogP contribution in [0.4, 0.5) is 35.9 Å². The number of benzene rings is 2. The third-order valence-corrected chi connectivity index (χ3v) is 11.8. The Morgan fingerprint density at radius 3 is 1.45 bits per heavy atom. The molecule has 4 saturated heterocycles. The maximum atomic E-state index is 12.6. The Balaban J connectivity index is 0.000000487. The van der Waals surface area contributed by atoms with Gasteiger partial charge in [-0.05, 0) is 133 Å². The SMILES string of the molecule is C=CC(=O)Cl.C=CC(=O)N1CC[C@@H](N)C1.C=CC(=O)N1CC[C@@H](NC(=O)OC(C)(C)C)C1.C=CC(=O)N1CC[C@@H](NCc2cccc(C(F)(F)F)c2)C1.CC(C)(C)OC(=O)N[C@@H]1CCNC1.FC(F)(F)c1cccc(CBr)c1. The third kappa shape index (κ3) is 30.4. The van der Waals surface area contributed by atoms with E-state index in [2.05, 4.69) is 63.5 Å². The first kappa shape index (κ1) is 70.3. The first-order valence-electron chi connectivity index (χ1n) is 24.9. The standard InChI is InChI=1S/C15H17F3N2O.C12H20N2O3.C9H18N2O2.C8H6BrF3.C7H12N2O.C3H3ClO/c1-2-14(21)20-7-6-13(10-20)19-9-11-4-3-5-12(8-11)15(16,17)18;1-5-10(15)14-7-6-9(8-14)13-11(16)17-12(2,3)4;1-9(2,3)13-8(12)11-7-4-5-10-6-7;9-5-6-2-1-3-7(4-6)8(10,11)12;1-2-7(10)9-4-3-6(8)5-9;1-2-3(4)5/h2-5,8,13,19H,1,6-7,9-10H2;5,9H,1,6-8H2,2-4H3,(H,13,16);7,10H,4-6H2,1-3H3,(H,11,12);1-4H,5H2;2,6H,1,3-5,8H2;2H,1H2/t13-;9-;7-;;6-;/m111.1./s1. The highest BCUT2D eigenvalue weighted by Gasteiger charge is 2.32. The van der Waals surface area contributed by atoms with E-state index < -0.39 is 46.0 Å². The van der Waals surface area contributed by atoms with Crippen molar-refractivity contribution in [2.24, 2.45) is 5.73 Å². The van der Waals surface area contributed by atoms with Crippen LogP contribution < -0.4 is 27.0 Å². The first-order valence-corrected chi connectivity index (χ1v) is 26.4. The Morgan fingerprint density at radius 2 is 1.06 bits per heavy atom. The van der Waals surface area contributed by atoms with Crippen molar-refractivity contribution in [1.29, 1.82) is 0 Å². The second-order valence-corrected chi connectivity index (χ2v) is 20.8. The molecule has 0 aliphatic carbocycles. The van der Waals surface area contributed by atoms with Crippen LogP contribution in [0.1, 0.15) is 89.5 Å². The van der Waals surface area contributed by atoms with Crippen molar-refractivity contribution in [2.75, 3.05) is 52.4 Å². The van der Waals surface area contributed by atoms with Crippen LogP contribution in [0.25, 0.3) is 0 Å². The summed E-state index contributed by atoms with van der Waals surface area (Å²) in [4.78, 5) is 71.0. The molecule has 0 bridgehead atoms. The summed E-state index contributed by atoms with van der Waals surface area (Å²) < 4.78 is 84.4. The first-order chi connectivity index (χ1) is 36.2. The highest BCUT2D eigenvalue weighted by molar-refractivity contribution is 9.08. The highest BCUT2D eigenvalue weighted by Crippen LogP contribution is 2.31. The quantitative estimate of drug-likeness (QED) is 0.0657. The highest BCUT2D eigenvalue weighted by atomic mass is 79.9. The third-order valence-electron chi connectivity index (χ3n) is 11.0. The Hall–Kier alpha value is -5.75. The number of ether oxygens (including phenoxy) is 2. The lowest BCUT2D eigenvalue weighted by Crippen LogP contribution is -2.41. The molecule has 4 heterocycles. The lowest BCUT2D eigenvalue weighted by atomic mass is 10.1. The molecule has 24 heteroatoms. The molecule has 2 aromatic rings. The molecule has 0 saturated carbocycles. The summed E-state index contributed by atoms with van der Waals surface area (Å²) in [6.45, 7) is 30.4. The van der Waals surface area contributed by atoms with Crippen LogP contribution in [0, 0.1) is 0 Å². The molecule has 6 N–H and O–H groups in total. The van der Waals surface area contributed by atoms with Gasteiger partial charge < -0.3 is 51.2 Å². The number of nitrogens with two attached hydrogens (primary N) is 1. The van der Waals surface area contributed by atoms with Crippen molar-refractivity contribution in [1.82, 2.24) is 36.0 Å². The second-order valence-electron chi connectivity index (χ2n) is 19.9. The normalized spacial score (nSPS) is 18.6. The molecule has 16 nitrogen and oxygen atoms in total. The molecule has 4 aliphatic heterocycles. The zero-order valence-corrected chi connectivity index (χ0v) is 47.5. The van der Waals surface area contributed by atoms with Gasteiger partial charge in [-0.25, -0.2) is 9.59 Å². The lowest BCUT2D eigenvalue weighted by molar-refractivity contribution is -0.138. The average molecular weight is 1190 g/mol. The molecule has 4 fully saturated rings. The maximum Gasteiger partial charge on any atom is 0.416 e. The number of amides is 5. The van der Waals surface area contributed by atoms with Crippen LogP contribution >= 0.6 is 27.5 Å². The van der Waals surface area contributed by atoms with E-state index in [0.29, 0.717) is 55.7 Å². The fraction of sp³-hybridized carbons (Fsp3) is 0.519. The minimum atomic E-state index is -4.32. The molecule has 0 aromatic heterocycles. The van der Waals surface area contributed by atoms with E-state index >= 15 is 0 Å². The number of nitrogens with one attached hydrogen (secondary N) is 4. The van der Waals surface area contributed by atoms with Crippen molar-refractivity contribution >= 4 is 62.7 Å². The molecular weight excluding hydrogens is 1120 g/mol. The topological polar surface area (TPSA) is 205 Å². The Morgan fingerprint density at radius 1 is 0.654 bits per heavy atom. The predicted molar refractivity (Wildman–Crippen MR) is 293 cm³/mol. The van der Waals surface area contributed by atoms with Crippen LogP contribution in [0.2, 0.25) is 0 Å². The summed E-state index contributed by atoms with van der Waals surface area (Å²) in [5.74, 6) is -0.218. The minimum Gasteiger partial charge on any atom is -0.444 e. The van der Waals surface area contributed by atoms with E-state index in [1.54, 1.807) is 26.8 Å². The summed E-state index contributed by atoms with van der Waals surface area (Å²) in [6, 6.07) is 11.0. The molecule has 0 unspecified atom stereocenters. The number of alkyl halides is 7. The van der Waals surface area contributed by atoms with Crippen molar-refractivity contribution < 1.29 is 64.6 Å². The molecule has 5 amide bonds. The number of likely N-dealkylation sites (tertiary alicyclic amines) is 3. The molecule has 2 aromatic carbocycles. The number of alkyl carbamates (subject to hydrolysis) is 2. The maximum absolute atomic E-state index is 12.6. The Kier molecular flexibility index (Phi) is 30.9. The van der Waals surface area contributed by atoms with Gasteiger partial charge in [-0.2, -0.15) is 26.3 Å². The fourth-order valence-corrected chi connectivity index (χ4v) is 7.61. The summed E-state index contributed by atoms with van der Waals surface area (Å²) in [6.07, 6.45) is -0.938. The van der Waals surface area contributed by atoms with Gasteiger partial charge in [0.05, 0.1) is 17.2 Å². The van der Waals surface area contributed by atoms with Crippen LogP contribution in [-0.2, 0) is 52.9 Å². The number of hydrogen-bond acceptors (Lipinski definition) is 11. The monoisotopic (exact) mass is 1190 g/mol. The summed E-state index contributed by atoms with van der Waals surface area (Å²) >= 11 is 7.80. The molecule has 0 spiro atoms. The fourth-order valence-electron chi connectivity index (χ4n) is 7.26. The van der Waals surface area contributed by atoms with Gasteiger partial charge in [0.1, 0.15) is 11.2 Å². The smallest absolute Gasteiger partial charge is 0.416 e. The largest absolute Gasteiger partial charge is 0.444 e. The number of carbonyl (C=O) groups excluding carboxylic acids is 6. The van der Waals surface area contributed by atoms with E-state index in [1.165, 1.54) is 30.4 Å². The van der Waals surface area contributed by atoms with Crippen LogP contribution in [0.5, 0.6) is 0 Å². The van der Waals surface area contributed by atoms with E-state index in [0.717, 1.165) is 75.7 Å². The minimum absolute atomic E-state index is 0.00653. The lowest BCUT2D eigenvalue weighted by Gasteiger charge is -2.21. The second kappa shape index (κ2) is 34.3. The van der Waals surface area contributed by atoms with Gasteiger partial charge in [0.25, 0.3) is 0 Å². The van der Waals surface area contributed by atoms with Crippen LogP contribution in [-0.4, -0.2) is 138 Å². The molecule has 78 heavy (non-hydrogen) atoms. The Bertz CT molecular complexity index is 2290. The summed E-state index contributed by atoms with van der Waals surface area (Å²) in [5.41, 5.74) is 4.65. The van der Waals surface area contributed by atoms with Crippen molar-refractivity contribution in [3.8, 4) is 0 Å². The number of halogens is 8. The van der Waals surface area contributed by atoms with Gasteiger partial charge in [-0.15, -0.1) is 0 Å². The number of rotatable bonds is 10. The summed E-state index contributed by atoms with van der Waals surface area (Å²) in [7, 11) is 0. The zero-order valence-electron chi connectivity index (χ0n) is 45.2. The number of allylic oxidation sites excluding steroid dienone is 1. The molecule has 4 aliphatic rings. The number of hydrogen-bond donors (Lipinski definition) is 5. The molecule has 6 rings (SSSR count). The van der Waals surface area contributed by atoms with E-state index in [1.807, 2.05) is 41.5 Å². The molecule has 4 atom stereocenters. The van der Waals surface area contributed by atoms with E-state index in [4.69, 9.17) is 26.8 Å². The van der Waals surface area contributed by atoms with E-state index in [-0.39, 0.29) is 48.0 Å². The molecular formula is C54H76BrClF6N8O8. The van der Waals surface area contributed by atoms with Crippen molar-refractivity contribution in [3.05, 3.63) is 121 Å². The number of nitrogens with zero attached hydrogens (tertiary/aromatic N) is 3. The average Bonchev–Trinajstić information content (AvgIpc) is 4.22. The molecule has 0 radical (unpaired) electrons. The van der Waals surface area contributed by atoms with Gasteiger partial charge in [0.2, 0.25) is 23.0 Å². The van der Waals surface area contributed by atoms with Crippen LogP contribution in [0.15, 0.2) is 99.2 Å². The van der Waals surface area contributed by atoms with Crippen molar-refractivity contribution in [3.63, 3.8) is 0 Å². The van der Waals surface area contributed by atoms with Gasteiger partial charge in [0.15, 0.2) is 0 Å².